The van der Waals surface area contributed by atoms with Gasteiger partial charge in [-0.2, -0.15) is 0 Å². The molecule has 2 aromatic carbocycles. The molecular formula is C17H17FN2O2. The summed E-state index contributed by atoms with van der Waals surface area (Å²) in [5.41, 5.74) is 6.32. The van der Waals surface area contributed by atoms with E-state index in [4.69, 9.17) is 10.5 Å². The van der Waals surface area contributed by atoms with Crippen molar-refractivity contribution in [2.75, 3.05) is 12.3 Å². The maximum Gasteiger partial charge on any atom is 0.254 e. The van der Waals surface area contributed by atoms with Gasteiger partial charge in [0.1, 0.15) is 5.82 Å². The maximum atomic E-state index is 14.1. The van der Waals surface area contributed by atoms with Crippen LogP contribution in [0.25, 0.3) is 0 Å². The summed E-state index contributed by atoms with van der Waals surface area (Å²) in [7, 11) is 0. The van der Waals surface area contributed by atoms with Crippen LogP contribution in [0.2, 0.25) is 0 Å². The number of anilines is 1. The number of nitrogens with two attached hydrogens (primary N) is 1. The molecule has 1 heterocycles. The van der Waals surface area contributed by atoms with Gasteiger partial charge in [-0.25, -0.2) is 4.39 Å². The Morgan fingerprint density at radius 2 is 2.00 bits per heavy atom. The molecule has 3 rings (SSSR count). The molecule has 0 aliphatic carbocycles. The molecule has 1 aliphatic heterocycles. The summed E-state index contributed by atoms with van der Waals surface area (Å²) in [5, 5.41) is 2.87. The molecular weight excluding hydrogens is 283 g/mol. The van der Waals surface area contributed by atoms with E-state index >= 15 is 0 Å². The van der Waals surface area contributed by atoms with E-state index in [-0.39, 0.29) is 12.5 Å². The van der Waals surface area contributed by atoms with E-state index in [0.717, 1.165) is 5.56 Å². The zero-order chi connectivity index (χ0) is 15.7. The maximum absolute atomic E-state index is 14.1. The molecule has 2 aromatic rings. The zero-order valence-corrected chi connectivity index (χ0v) is 12.2. The van der Waals surface area contributed by atoms with Crippen LogP contribution in [0.4, 0.5) is 10.1 Å². The second-order valence-electron chi connectivity index (χ2n) is 5.66. The predicted molar refractivity (Wildman–Crippen MR) is 81.4 cm³/mol. The Balaban J connectivity index is 1.88. The van der Waals surface area contributed by atoms with Crippen molar-refractivity contribution in [1.29, 1.82) is 0 Å². The van der Waals surface area contributed by atoms with Gasteiger partial charge in [-0.3, -0.25) is 4.79 Å². The monoisotopic (exact) mass is 300 g/mol. The van der Waals surface area contributed by atoms with Gasteiger partial charge >= 0.3 is 0 Å². The molecule has 0 bridgehead atoms. The molecule has 0 saturated carbocycles. The Bertz CT molecular complexity index is 705. The molecule has 22 heavy (non-hydrogen) atoms. The lowest BCUT2D eigenvalue weighted by Gasteiger charge is -2.38. The lowest BCUT2D eigenvalue weighted by Crippen LogP contribution is -2.54. The number of halogens is 1. The number of nitrogens with one attached hydrogen (secondary N) is 1. The summed E-state index contributed by atoms with van der Waals surface area (Å²) in [4.78, 5) is 12.4. The molecule has 1 aliphatic rings. The van der Waals surface area contributed by atoms with Crippen molar-refractivity contribution >= 4 is 11.6 Å². The lowest BCUT2D eigenvalue weighted by atomic mass is 9.89. The van der Waals surface area contributed by atoms with Gasteiger partial charge in [0.25, 0.3) is 5.91 Å². The standard InChI is InChI=1S/C17H17FN2O2/c1-17(13-9-12(19)7-8-14(13)18)10-22-15(16(21)20-17)11-5-3-2-4-6-11/h2-9,15H,10,19H2,1H3,(H,20,21)/t15-,17?/m1/s1. The normalized spacial score (nSPS) is 24.8. The summed E-state index contributed by atoms with van der Waals surface area (Å²) in [6.07, 6.45) is -0.682. The second kappa shape index (κ2) is 5.42. The fourth-order valence-corrected chi connectivity index (χ4v) is 2.69. The smallest absolute Gasteiger partial charge is 0.254 e. The van der Waals surface area contributed by atoms with E-state index in [1.807, 2.05) is 30.3 Å². The van der Waals surface area contributed by atoms with Crippen LogP contribution in [0.5, 0.6) is 0 Å². The van der Waals surface area contributed by atoms with Gasteiger partial charge in [0.05, 0.1) is 12.1 Å². The first-order chi connectivity index (χ1) is 10.5. The van der Waals surface area contributed by atoms with Crippen molar-refractivity contribution in [1.82, 2.24) is 5.32 Å². The molecule has 5 heteroatoms. The third-order valence-corrected chi connectivity index (χ3v) is 3.86. The fraction of sp³-hybridized carbons (Fsp3) is 0.235. The van der Waals surface area contributed by atoms with Crippen molar-refractivity contribution in [3.63, 3.8) is 0 Å². The number of carbonyl (C=O) groups excluding carboxylic acids is 1. The van der Waals surface area contributed by atoms with Crippen molar-refractivity contribution in [2.45, 2.75) is 18.6 Å². The highest BCUT2D eigenvalue weighted by Crippen LogP contribution is 2.32. The summed E-state index contributed by atoms with van der Waals surface area (Å²) in [5.74, 6) is -0.708. The van der Waals surface area contributed by atoms with Gasteiger partial charge in [0.15, 0.2) is 6.10 Å². The molecule has 1 unspecified atom stereocenters. The third-order valence-electron chi connectivity index (χ3n) is 3.86. The minimum atomic E-state index is -0.943. The number of morpholine rings is 1. The van der Waals surface area contributed by atoms with Crippen LogP contribution in [0.15, 0.2) is 48.5 Å². The topological polar surface area (TPSA) is 64.3 Å². The van der Waals surface area contributed by atoms with Gasteiger partial charge in [-0.1, -0.05) is 30.3 Å². The van der Waals surface area contributed by atoms with Gasteiger partial charge in [-0.05, 0) is 30.7 Å². The average molecular weight is 300 g/mol. The number of amides is 1. The predicted octanol–water partition coefficient (Wildman–Crippen LogP) is 2.51. The minimum Gasteiger partial charge on any atom is -0.399 e. The van der Waals surface area contributed by atoms with Crippen LogP contribution >= 0.6 is 0 Å². The number of rotatable bonds is 2. The Hall–Kier alpha value is -2.40. The highest BCUT2D eigenvalue weighted by Gasteiger charge is 2.40. The van der Waals surface area contributed by atoms with Gasteiger partial charge < -0.3 is 15.8 Å². The molecule has 2 atom stereocenters. The number of nitrogen functional groups attached to an aromatic ring is 1. The average Bonchev–Trinajstić information content (AvgIpc) is 2.50. The quantitative estimate of drug-likeness (QED) is 0.838. The molecule has 0 spiro atoms. The third kappa shape index (κ3) is 2.55. The zero-order valence-electron chi connectivity index (χ0n) is 12.2. The number of carbonyl (C=O) groups is 1. The van der Waals surface area contributed by atoms with Crippen molar-refractivity contribution in [3.8, 4) is 0 Å². The van der Waals surface area contributed by atoms with E-state index in [1.165, 1.54) is 18.2 Å². The van der Waals surface area contributed by atoms with E-state index in [9.17, 15) is 9.18 Å². The van der Waals surface area contributed by atoms with E-state index in [1.54, 1.807) is 6.92 Å². The number of hydrogen-bond acceptors (Lipinski definition) is 3. The number of ether oxygens (including phenoxy) is 1. The van der Waals surface area contributed by atoms with Crippen LogP contribution in [0.1, 0.15) is 24.2 Å². The van der Waals surface area contributed by atoms with E-state index in [0.29, 0.717) is 11.3 Å². The first-order valence-electron chi connectivity index (χ1n) is 7.04. The molecule has 114 valence electrons. The van der Waals surface area contributed by atoms with Crippen LogP contribution in [-0.4, -0.2) is 12.5 Å². The van der Waals surface area contributed by atoms with E-state index in [2.05, 4.69) is 5.32 Å². The van der Waals surface area contributed by atoms with Crippen molar-refractivity contribution in [3.05, 3.63) is 65.5 Å². The number of hydrogen-bond donors (Lipinski definition) is 2. The Morgan fingerprint density at radius 1 is 1.27 bits per heavy atom. The highest BCUT2D eigenvalue weighted by molar-refractivity contribution is 5.84. The molecule has 1 saturated heterocycles. The van der Waals surface area contributed by atoms with Gasteiger partial charge in [0.2, 0.25) is 0 Å². The minimum absolute atomic E-state index is 0.165. The fourth-order valence-electron chi connectivity index (χ4n) is 2.69. The summed E-state index contributed by atoms with van der Waals surface area (Å²) in [6, 6.07) is 13.5. The molecule has 3 N–H and O–H groups in total. The van der Waals surface area contributed by atoms with Gasteiger partial charge in [0, 0.05) is 11.3 Å². The highest BCUT2D eigenvalue weighted by atomic mass is 19.1. The molecule has 0 aromatic heterocycles. The largest absolute Gasteiger partial charge is 0.399 e. The second-order valence-corrected chi connectivity index (χ2v) is 5.66. The van der Waals surface area contributed by atoms with Crippen molar-refractivity contribution in [2.24, 2.45) is 0 Å². The van der Waals surface area contributed by atoms with Crippen LogP contribution in [-0.2, 0) is 15.1 Å². The Labute approximate surface area is 128 Å². The van der Waals surface area contributed by atoms with Crippen LogP contribution in [0.3, 0.4) is 0 Å². The first-order valence-corrected chi connectivity index (χ1v) is 7.04. The molecule has 1 fully saturated rings. The van der Waals surface area contributed by atoms with Gasteiger partial charge in [-0.15, -0.1) is 0 Å². The number of benzene rings is 2. The SMILES string of the molecule is CC1(c2cc(N)ccc2F)CO[C@H](c2ccccc2)C(=O)N1. The Kier molecular flexibility index (Phi) is 3.58. The van der Waals surface area contributed by atoms with Crippen molar-refractivity contribution < 1.29 is 13.9 Å². The molecule has 1 amide bonds. The van der Waals surface area contributed by atoms with Crippen LogP contribution in [0, 0.1) is 5.82 Å². The molecule has 4 nitrogen and oxygen atoms in total. The summed E-state index contributed by atoms with van der Waals surface area (Å²) < 4.78 is 19.8. The summed E-state index contributed by atoms with van der Waals surface area (Å²) in [6.45, 7) is 1.89. The molecule has 0 radical (unpaired) electrons. The van der Waals surface area contributed by atoms with Crippen LogP contribution < -0.4 is 11.1 Å². The lowest BCUT2D eigenvalue weighted by molar-refractivity contribution is -0.146. The first kappa shape index (κ1) is 14.5. The summed E-state index contributed by atoms with van der Waals surface area (Å²) >= 11 is 0. The Morgan fingerprint density at radius 3 is 2.68 bits per heavy atom. The van der Waals surface area contributed by atoms with E-state index < -0.39 is 17.5 Å².